The van der Waals surface area contributed by atoms with Crippen LogP contribution >= 0.6 is 0 Å². The second-order valence-electron chi connectivity index (χ2n) is 6.80. The lowest BCUT2D eigenvalue weighted by molar-refractivity contribution is 0.319. The van der Waals surface area contributed by atoms with Gasteiger partial charge in [-0.25, -0.2) is 19.6 Å². The van der Waals surface area contributed by atoms with Crippen LogP contribution in [0.3, 0.4) is 0 Å². The topological polar surface area (TPSA) is 102 Å². The molecular formula is C19H17N7O. The molecule has 1 fully saturated rings. The highest BCUT2D eigenvalue weighted by molar-refractivity contribution is 5.75. The second kappa shape index (κ2) is 6.08. The summed E-state index contributed by atoms with van der Waals surface area (Å²) in [4.78, 5) is 33.3. The highest BCUT2D eigenvalue weighted by atomic mass is 16.1. The van der Waals surface area contributed by atoms with Gasteiger partial charge in [0.1, 0.15) is 17.0 Å². The summed E-state index contributed by atoms with van der Waals surface area (Å²) < 4.78 is 1.68. The number of hydrogen-bond donors (Lipinski definition) is 1. The van der Waals surface area contributed by atoms with Crippen molar-refractivity contribution in [2.24, 2.45) is 0 Å². The molecule has 4 heterocycles. The van der Waals surface area contributed by atoms with Crippen molar-refractivity contribution < 1.29 is 0 Å². The third-order valence-corrected chi connectivity index (χ3v) is 5.24. The molecule has 4 aromatic rings. The number of pyridine rings is 1. The van der Waals surface area contributed by atoms with Gasteiger partial charge >= 0.3 is 0 Å². The first-order valence-corrected chi connectivity index (χ1v) is 8.88. The molecule has 4 aromatic heterocycles. The largest absolute Gasteiger partial charge is 0.310 e. The Morgan fingerprint density at radius 2 is 1.93 bits per heavy atom. The van der Waals surface area contributed by atoms with Crippen LogP contribution in [0, 0.1) is 6.92 Å². The fourth-order valence-electron chi connectivity index (χ4n) is 3.60. The SMILES string of the molecule is Cc1ccncc1-n1ncc2c(=O)[nH]c([C@H]3CCC3c3ncccn3)nc21. The van der Waals surface area contributed by atoms with Crippen molar-refractivity contribution in [2.75, 3.05) is 0 Å². The fraction of sp³-hybridized carbons (Fsp3) is 0.263. The molecule has 1 N–H and O–H groups in total. The van der Waals surface area contributed by atoms with Crippen LogP contribution < -0.4 is 5.56 Å². The summed E-state index contributed by atoms with van der Waals surface area (Å²) in [6.07, 6.45) is 10.4. The number of nitrogens with one attached hydrogen (secondary N) is 1. The molecule has 0 spiro atoms. The van der Waals surface area contributed by atoms with Gasteiger partial charge in [-0.3, -0.25) is 9.78 Å². The molecule has 0 radical (unpaired) electrons. The molecule has 1 unspecified atom stereocenters. The predicted octanol–water partition coefficient (Wildman–Crippen LogP) is 2.26. The summed E-state index contributed by atoms with van der Waals surface area (Å²) in [6, 6.07) is 3.71. The molecule has 134 valence electrons. The summed E-state index contributed by atoms with van der Waals surface area (Å²) in [7, 11) is 0. The molecule has 0 aliphatic heterocycles. The van der Waals surface area contributed by atoms with E-state index >= 15 is 0 Å². The minimum Gasteiger partial charge on any atom is -0.310 e. The Balaban J connectivity index is 1.62. The Hall–Kier alpha value is -3.42. The lowest BCUT2D eigenvalue weighted by atomic mass is 9.72. The molecule has 0 amide bonds. The van der Waals surface area contributed by atoms with Crippen LogP contribution in [0.15, 0.2) is 47.9 Å². The average molecular weight is 359 g/mol. The van der Waals surface area contributed by atoms with Gasteiger partial charge in [-0.15, -0.1) is 0 Å². The summed E-state index contributed by atoms with van der Waals surface area (Å²) >= 11 is 0. The lowest BCUT2D eigenvalue weighted by Gasteiger charge is -2.34. The van der Waals surface area contributed by atoms with Gasteiger partial charge in [0.05, 0.1) is 18.1 Å². The number of H-pyrrole nitrogens is 1. The number of rotatable bonds is 3. The number of aryl methyl sites for hydroxylation is 1. The fourth-order valence-corrected chi connectivity index (χ4v) is 3.60. The normalized spacial score (nSPS) is 19.1. The summed E-state index contributed by atoms with van der Waals surface area (Å²) in [6.45, 7) is 1.98. The van der Waals surface area contributed by atoms with Gasteiger partial charge in [-0.05, 0) is 37.5 Å². The van der Waals surface area contributed by atoms with Crippen molar-refractivity contribution in [1.29, 1.82) is 0 Å². The van der Waals surface area contributed by atoms with Crippen LogP contribution in [0.1, 0.15) is 41.9 Å². The third kappa shape index (κ3) is 2.52. The number of nitrogens with zero attached hydrogens (tertiary/aromatic N) is 6. The van der Waals surface area contributed by atoms with Gasteiger partial charge in [0.25, 0.3) is 5.56 Å². The number of hydrogen-bond acceptors (Lipinski definition) is 6. The number of aromatic nitrogens is 7. The van der Waals surface area contributed by atoms with Crippen molar-refractivity contribution in [1.82, 2.24) is 34.7 Å². The molecule has 1 saturated carbocycles. The van der Waals surface area contributed by atoms with Crippen LogP contribution in [-0.4, -0.2) is 34.7 Å². The van der Waals surface area contributed by atoms with E-state index in [2.05, 4.69) is 25.0 Å². The first-order valence-electron chi connectivity index (χ1n) is 8.88. The van der Waals surface area contributed by atoms with Crippen LogP contribution in [-0.2, 0) is 0 Å². The molecule has 0 saturated heterocycles. The van der Waals surface area contributed by atoms with E-state index in [1.54, 1.807) is 41.7 Å². The van der Waals surface area contributed by atoms with Gasteiger partial charge in [-0.2, -0.15) is 5.10 Å². The molecular weight excluding hydrogens is 342 g/mol. The Morgan fingerprint density at radius 1 is 1.11 bits per heavy atom. The molecule has 27 heavy (non-hydrogen) atoms. The Morgan fingerprint density at radius 3 is 2.67 bits per heavy atom. The predicted molar refractivity (Wildman–Crippen MR) is 98.8 cm³/mol. The summed E-state index contributed by atoms with van der Waals surface area (Å²) in [5, 5.41) is 4.84. The van der Waals surface area contributed by atoms with E-state index in [9.17, 15) is 4.79 Å². The van der Waals surface area contributed by atoms with Crippen molar-refractivity contribution in [3.05, 3.63) is 70.7 Å². The average Bonchev–Trinajstić information content (AvgIpc) is 3.06. The van der Waals surface area contributed by atoms with Crippen molar-refractivity contribution in [2.45, 2.75) is 31.6 Å². The van der Waals surface area contributed by atoms with Crippen LogP contribution in [0.5, 0.6) is 0 Å². The smallest absolute Gasteiger partial charge is 0.262 e. The van der Waals surface area contributed by atoms with Gasteiger partial charge in [0.2, 0.25) is 0 Å². The summed E-state index contributed by atoms with van der Waals surface area (Å²) in [5.41, 5.74) is 2.19. The molecule has 0 bridgehead atoms. The van der Waals surface area contributed by atoms with E-state index in [0.29, 0.717) is 16.9 Å². The van der Waals surface area contributed by atoms with E-state index in [0.717, 1.165) is 29.9 Å². The highest BCUT2D eigenvalue weighted by Gasteiger charge is 2.37. The standard InChI is InChI=1S/C19H17N7O/c1-11-5-8-20-10-15(11)26-18-14(9-23-26)19(27)25-17(24-18)13-4-3-12(13)16-21-6-2-7-22-16/h2,5-10,12-13H,3-4H2,1H3,(H,24,25,27)/t12?,13-/m0/s1. The monoisotopic (exact) mass is 359 g/mol. The quantitative estimate of drug-likeness (QED) is 0.602. The lowest BCUT2D eigenvalue weighted by Crippen LogP contribution is -2.27. The van der Waals surface area contributed by atoms with E-state index in [4.69, 9.17) is 4.98 Å². The zero-order valence-electron chi connectivity index (χ0n) is 14.7. The highest BCUT2D eigenvalue weighted by Crippen LogP contribution is 2.46. The van der Waals surface area contributed by atoms with Crippen LogP contribution in [0.4, 0.5) is 0 Å². The van der Waals surface area contributed by atoms with Crippen LogP contribution in [0.25, 0.3) is 16.7 Å². The van der Waals surface area contributed by atoms with E-state index in [1.807, 2.05) is 13.0 Å². The van der Waals surface area contributed by atoms with Crippen LogP contribution in [0.2, 0.25) is 0 Å². The zero-order chi connectivity index (χ0) is 18.4. The molecule has 1 aliphatic rings. The maximum absolute atomic E-state index is 12.6. The van der Waals surface area contributed by atoms with Gasteiger partial charge in [-0.1, -0.05) is 0 Å². The van der Waals surface area contributed by atoms with E-state index < -0.39 is 0 Å². The summed E-state index contributed by atoms with van der Waals surface area (Å²) in [5.74, 6) is 1.73. The van der Waals surface area contributed by atoms with Gasteiger partial charge in [0, 0.05) is 30.4 Å². The Kier molecular flexibility index (Phi) is 3.56. The van der Waals surface area contributed by atoms with E-state index in [-0.39, 0.29) is 17.4 Å². The minimum absolute atomic E-state index is 0.0999. The van der Waals surface area contributed by atoms with E-state index in [1.165, 1.54) is 0 Å². The van der Waals surface area contributed by atoms with Gasteiger partial charge in [0.15, 0.2) is 5.65 Å². The van der Waals surface area contributed by atoms with Crippen molar-refractivity contribution >= 4 is 11.0 Å². The Bertz CT molecular complexity index is 1180. The molecule has 8 heteroatoms. The first kappa shape index (κ1) is 15.8. The maximum Gasteiger partial charge on any atom is 0.262 e. The third-order valence-electron chi connectivity index (χ3n) is 5.24. The maximum atomic E-state index is 12.6. The molecule has 0 aromatic carbocycles. The molecule has 5 rings (SSSR count). The number of aromatic amines is 1. The Labute approximate surface area is 154 Å². The first-order chi connectivity index (χ1) is 13.2. The zero-order valence-corrected chi connectivity index (χ0v) is 14.7. The minimum atomic E-state index is -0.178. The molecule has 8 nitrogen and oxygen atoms in total. The van der Waals surface area contributed by atoms with Crippen molar-refractivity contribution in [3.63, 3.8) is 0 Å². The van der Waals surface area contributed by atoms with Gasteiger partial charge < -0.3 is 4.98 Å². The molecule has 2 atom stereocenters. The molecule has 1 aliphatic carbocycles. The number of fused-ring (bicyclic) bond motifs is 1. The van der Waals surface area contributed by atoms with Crippen molar-refractivity contribution in [3.8, 4) is 5.69 Å². The second-order valence-corrected chi connectivity index (χ2v) is 6.80.